The number of anilines is 1. The van der Waals surface area contributed by atoms with Gasteiger partial charge in [0.2, 0.25) is 0 Å². The number of nitrogens with one attached hydrogen (secondary N) is 1. The third-order valence-corrected chi connectivity index (χ3v) is 2.70. The zero-order valence-electron chi connectivity index (χ0n) is 12.8. The van der Waals surface area contributed by atoms with E-state index < -0.39 is 29.2 Å². The molecule has 0 aliphatic heterocycles. The Morgan fingerprint density at radius 1 is 1.30 bits per heavy atom. The van der Waals surface area contributed by atoms with E-state index in [1.807, 2.05) is 0 Å². The molecule has 0 spiro atoms. The summed E-state index contributed by atoms with van der Waals surface area (Å²) in [6.45, 7) is 5.00. The third-order valence-electron chi connectivity index (χ3n) is 2.70. The maximum atomic E-state index is 13.9. The summed E-state index contributed by atoms with van der Waals surface area (Å²) in [5.41, 5.74) is -1.13. The number of carbonyl (C=O) groups is 2. The normalized spacial score (nSPS) is 11.1. The van der Waals surface area contributed by atoms with Gasteiger partial charge in [0.1, 0.15) is 17.7 Å². The van der Waals surface area contributed by atoms with Crippen molar-refractivity contribution >= 4 is 17.9 Å². The van der Waals surface area contributed by atoms with Gasteiger partial charge in [0, 0.05) is 0 Å². The first-order valence-corrected chi connectivity index (χ1v) is 6.74. The van der Waals surface area contributed by atoms with E-state index in [0.29, 0.717) is 0 Å². The van der Waals surface area contributed by atoms with Crippen molar-refractivity contribution in [1.82, 2.24) is 9.55 Å². The number of hydrogen-bond acceptors (Lipinski definition) is 4. The minimum atomic E-state index is -1.36. The molecule has 0 radical (unpaired) electrons. The lowest BCUT2D eigenvalue weighted by molar-refractivity contribution is 0.0635. The largest absolute Gasteiger partial charge is 0.476 e. The molecule has 0 saturated carbocycles. The number of aromatic nitrogens is 2. The second-order valence-electron chi connectivity index (χ2n) is 5.70. The van der Waals surface area contributed by atoms with Crippen LogP contribution in [0.4, 0.5) is 15.0 Å². The Morgan fingerprint density at radius 3 is 2.52 bits per heavy atom. The van der Waals surface area contributed by atoms with Crippen LogP contribution in [0, 0.1) is 5.82 Å². The van der Waals surface area contributed by atoms with Crippen molar-refractivity contribution < 1.29 is 23.8 Å². The number of carbonyl (C=O) groups excluding carboxylic acids is 1. The van der Waals surface area contributed by atoms with E-state index in [0.717, 1.165) is 10.9 Å². The number of carboxylic acid groups (broad SMARTS) is 1. The fraction of sp³-hybridized carbons (Fsp3) is 0.267. The van der Waals surface area contributed by atoms with Crippen molar-refractivity contribution in [1.29, 1.82) is 0 Å². The lowest BCUT2D eigenvalue weighted by atomic mass is 10.2. The summed E-state index contributed by atoms with van der Waals surface area (Å²) in [7, 11) is 0. The van der Waals surface area contributed by atoms with E-state index >= 15 is 0 Å². The Balaban J connectivity index is 2.44. The number of ether oxygens (including phenoxy) is 1. The zero-order valence-corrected chi connectivity index (χ0v) is 12.8. The van der Waals surface area contributed by atoms with Crippen LogP contribution in [0.15, 0.2) is 30.6 Å². The Hall–Kier alpha value is -2.90. The van der Waals surface area contributed by atoms with Gasteiger partial charge in [-0.15, -0.1) is 0 Å². The van der Waals surface area contributed by atoms with Crippen molar-refractivity contribution in [2.75, 3.05) is 5.32 Å². The highest BCUT2D eigenvalue weighted by Crippen LogP contribution is 2.23. The molecule has 0 bridgehead atoms. The van der Waals surface area contributed by atoms with Crippen LogP contribution in [0.5, 0.6) is 0 Å². The predicted molar refractivity (Wildman–Crippen MR) is 80.3 cm³/mol. The molecule has 0 aliphatic carbocycles. The number of para-hydroxylation sites is 1. The highest BCUT2D eigenvalue weighted by atomic mass is 19.1. The highest BCUT2D eigenvalue weighted by molar-refractivity contribution is 5.96. The average molecular weight is 321 g/mol. The first kappa shape index (κ1) is 16.5. The monoisotopic (exact) mass is 321 g/mol. The summed E-state index contributed by atoms with van der Waals surface area (Å²) in [5, 5.41) is 11.5. The smallest absolute Gasteiger partial charge is 0.413 e. The van der Waals surface area contributed by atoms with Gasteiger partial charge in [0.25, 0.3) is 0 Å². The van der Waals surface area contributed by atoms with E-state index in [1.54, 1.807) is 26.8 Å². The molecule has 23 heavy (non-hydrogen) atoms. The molecule has 0 fully saturated rings. The number of amides is 1. The fourth-order valence-corrected chi connectivity index (χ4v) is 1.85. The Kier molecular flexibility index (Phi) is 4.35. The molecule has 8 heteroatoms. The fourth-order valence-electron chi connectivity index (χ4n) is 1.85. The molecule has 0 atom stereocenters. The number of halogens is 1. The standard InChI is InChI=1S/C15H16FN3O4/c1-15(2,3)23-14(22)18-12-11(13(20)21)17-8-19(12)10-7-5-4-6-9(10)16/h4-8H,1-3H3,(H,18,22)(H,20,21). The highest BCUT2D eigenvalue weighted by Gasteiger charge is 2.24. The van der Waals surface area contributed by atoms with E-state index in [4.69, 9.17) is 4.74 Å². The van der Waals surface area contributed by atoms with Gasteiger partial charge in [0.15, 0.2) is 11.5 Å². The number of benzene rings is 1. The zero-order chi connectivity index (χ0) is 17.2. The molecule has 1 heterocycles. The molecular weight excluding hydrogens is 305 g/mol. The summed E-state index contributed by atoms with van der Waals surface area (Å²) in [6, 6.07) is 5.72. The number of nitrogens with zero attached hydrogens (tertiary/aromatic N) is 2. The minimum absolute atomic E-state index is 0.0542. The van der Waals surface area contributed by atoms with Crippen LogP contribution in [0.3, 0.4) is 0 Å². The molecular formula is C15H16FN3O4. The maximum absolute atomic E-state index is 13.9. The van der Waals surface area contributed by atoms with Gasteiger partial charge in [-0.1, -0.05) is 12.1 Å². The molecule has 7 nitrogen and oxygen atoms in total. The van der Waals surface area contributed by atoms with Gasteiger partial charge < -0.3 is 9.84 Å². The van der Waals surface area contributed by atoms with Crippen LogP contribution in [-0.4, -0.2) is 32.3 Å². The van der Waals surface area contributed by atoms with Crippen LogP contribution in [0.2, 0.25) is 0 Å². The lowest BCUT2D eigenvalue weighted by Gasteiger charge is -2.20. The van der Waals surface area contributed by atoms with Gasteiger partial charge >= 0.3 is 12.1 Å². The number of imidazole rings is 1. The first-order valence-electron chi connectivity index (χ1n) is 6.74. The minimum Gasteiger partial charge on any atom is -0.476 e. The van der Waals surface area contributed by atoms with E-state index in [2.05, 4.69) is 10.3 Å². The SMILES string of the molecule is CC(C)(C)OC(=O)Nc1c(C(=O)O)ncn1-c1ccccc1F. The molecule has 122 valence electrons. The van der Waals surface area contributed by atoms with Crippen LogP contribution < -0.4 is 5.32 Å². The number of hydrogen-bond donors (Lipinski definition) is 2. The molecule has 1 aromatic carbocycles. The first-order chi connectivity index (χ1) is 10.7. The van der Waals surface area contributed by atoms with Crippen molar-refractivity contribution in [2.24, 2.45) is 0 Å². The predicted octanol–water partition coefficient (Wildman–Crippen LogP) is 3.06. The molecule has 0 aliphatic rings. The quantitative estimate of drug-likeness (QED) is 0.906. The maximum Gasteiger partial charge on any atom is 0.413 e. The Labute approximate surface area is 131 Å². The number of aromatic carboxylic acids is 1. The molecule has 2 aromatic rings. The van der Waals surface area contributed by atoms with Crippen molar-refractivity contribution in [3.05, 3.63) is 42.1 Å². The molecule has 0 saturated heterocycles. The topological polar surface area (TPSA) is 93.4 Å². The molecule has 1 amide bonds. The Morgan fingerprint density at radius 2 is 1.96 bits per heavy atom. The van der Waals surface area contributed by atoms with Crippen LogP contribution >= 0.6 is 0 Å². The van der Waals surface area contributed by atoms with Gasteiger partial charge in [-0.05, 0) is 32.9 Å². The average Bonchev–Trinajstić information content (AvgIpc) is 2.80. The van der Waals surface area contributed by atoms with Crippen LogP contribution in [0.1, 0.15) is 31.3 Å². The summed E-state index contributed by atoms with van der Waals surface area (Å²) in [6.07, 6.45) is 0.257. The van der Waals surface area contributed by atoms with Crippen molar-refractivity contribution in [3.8, 4) is 5.69 Å². The summed E-state index contributed by atoms with van der Waals surface area (Å²) in [4.78, 5) is 26.9. The molecule has 0 unspecified atom stereocenters. The second-order valence-corrected chi connectivity index (χ2v) is 5.70. The van der Waals surface area contributed by atoms with Crippen LogP contribution in [0.25, 0.3) is 5.69 Å². The van der Waals surface area contributed by atoms with Crippen molar-refractivity contribution in [2.45, 2.75) is 26.4 Å². The van der Waals surface area contributed by atoms with Gasteiger partial charge in [-0.25, -0.2) is 19.0 Å². The summed E-state index contributed by atoms with van der Waals surface area (Å²) >= 11 is 0. The molecule has 2 N–H and O–H groups in total. The van der Waals surface area contributed by atoms with Gasteiger partial charge in [0.05, 0.1) is 5.69 Å². The summed E-state index contributed by atoms with van der Waals surface area (Å²) < 4.78 is 20.2. The third kappa shape index (κ3) is 3.85. The summed E-state index contributed by atoms with van der Waals surface area (Å²) in [5.74, 6) is -2.13. The van der Waals surface area contributed by atoms with E-state index in [9.17, 15) is 19.1 Å². The van der Waals surface area contributed by atoms with Crippen molar-refractivity contribution in [3.63, 3.8) is 0 Å². The lowest BCUT2D eigenvalue weighted by Crippen LogP contribution is -2.28. The number of rotatable bonds is 3. The molecule has 1 aromatic heterocycles. The van der Waals surface area contributed by atoms with Crippen LogP contribution in [-0.2, 0) is 4.74 Å². The van der Waals surface area contributed by atoms with E-state index in [1.165, 1.54) is 18.2 Å². The van der Waals surface area contributed by atoms with Gasteiger partial charge in [-0.3, -0.25) is 9.88 Å². The number of carboxylic acids is 1. The molecule has 2 rings (SSSR count). The van der Waals surface area contributed by atoms with Gasteiger partial charge in [-0.2, -0.15) is 0 Å². The van der Waals surface area contributed by atoms with E-state index in [-0.39, 0.29) is 11.5 Å². The second kappa shape index (κ2) is 6.07. The Bertz CT molecular complexity index is 749.